The van der Waals surface area contributed by atoms with Gasteiger partial charge in [0.15, 0.2) is 5.78 Å². The lowest BCUT2D eigenvalue weighted by Crippen LogP contribution is -2.23. The molecule has 1 unspecified atom stereocenters. The van der Waals surface area contributed by atoms with E-state index in [0.29, 0.717) is 10.7 Å². The lowest BCUT2D eigenvalue weighted by molar-refractivity contribution is -0.119. The zero-order valence-electron chi connectivity index (χ0n) is 14.2. The minimum atomic E-state index is -0.0864. The van der Waals surface area contributed by atoms with Crippen LogP contribution in [0, 0.1) is 0 Å². The van der Waals surface area contributed by atoms with Gasteiger partial charge in [0.2, 0.25) is 11.1 Å². The van der Waals surface area contributed by atoms with Gasteiger partial charge in [0.1, 0.15) is 0 Å². The average Bonchev–Trinajstić information content (AvgIpc) is 3.01. The molecule has 1 aromatic carbocycles. The number of nitrogens with zero attached hydrogens (tertiary/aromatic N) is 4. The molecule has 24 heavy (non-hydrogen) atoms. The molecule has 0 saturated heterocycles. The molecule has 8 heteroatoms. The van der Waals surface area contributed by atoms with Crippen LogP contribution in [0.2, 0.25) is 0 Å². The number of hydrogen-bond donors (Lipinski definition) is 1. The number of ketones is 1. The maximum atomic E-state index is 12.3. The third-order valence-electron chi connectivity index (χ3n) is 3.44. The smallest absolute Gasteiger partial charge is 0.217 e. The Morgan fingerprint density at radius 2 is 1.88 bits per heavy atom. The molecule has 0 aliphatic heterocycles. The van der Waals surface area contributed by atoms with Crippen molar-refractivity contribution in [3.63, 3.8) is 0 Å². The number of carbonyl (C=O) groups is 2. The van der Waals surface area contributed by atoms with Gasteiger partial charge in [-0.25, -0.2) is 4.68 Å². The Morgan fingerprint density at radius 1 is 1.21 bits per heavy atom. The van der Waals surface area contributed by atoms with Crippen LogP contribution in [0.25, 0.3) is 0 Å². The van der Waals surface area contributed by atoms with Crippen LogP contribution in [0.15, 0.2) is 29.4 Å². The van der Waals surface area contributed by atoms with Gasteiger partial charge in [-0.15, -0.1) is 5.10 Å². The van der Waals surface area contributed by atoms with E-state index >= 15 is 0 Å². The van der Waals surface area contributed by atoms with Crippen molar-refractivity contribution in [2.24, 2.45) is 0 Å². The topological polar surface area (TPSA) is 89.8 Å². The van der Waals surface area contributed by atoms with Gasteiger partial charge in [-0.1, -0.05) is 36.0 Å². The molecule has 7 nitrogen and oxygen atoms in total. The second kappa shape index (κ2) is 8.05. The zero-order chi connectivity index (χ0) is 17.7. The molecule has 1 amide bonds. The molecule has 0 saturated carbocycles. The summed E-state index contributed by atoms with van der Waals surface area (Å²) in [4.78, 5) is 23.4. The van der Waals surface area contributed by atoms with Gasteiger partial charge in [-0.2, -0.15) is 0 Å². The third-order valence-corrected chi connectivity index (χ3v) is 4.37. The van der Waals surface area contributed by atoms with Gasteiger partial charge in [-0.05, 0) is 36.8 Å². The number of carbonyl (C=O) groups excluding carboxylic acids is 2. The predicted octanol–water partition coefficient (Wildman–Crippen LogP) is 2.43. The SMILES string of the molecule is CC(=O)NC(C)c1ccc(C(=O)CSc2nnnn2C(C)C)cc1. The zero-order valence-corrected chi connectivity index (χ0v) is 15.0. The monoisotopic (exact) mass is 347 g/mol. The first-order valence-corrected chi connectivity index (χ1v) is 8.68. The summed E-state index contributed by atoms with van der Waals surface area (Å²) in [6.45, 7) is 7.35. The fourth-order valence-electron chi connectivity index (χ4n) is 2.16. The van der Waals surface area contributed by atoms with Crippen molar-refractivity contribution in [1.29, 1.82) is 0 Å². The molecule has 1 aromatic heterocycles. The highest BCUT2D eigenvalue weighted by molar-refractivity contribution is 7.99. The summed E-state index contributed by atoms with van der Waals surface area (Å²) in [7, 11) is 0. The Bertz CT molecular complexity index is 712. The lowest BCUT2D eigenvalue weighted by Gasteiger charge is -2.13. The van der Waals surface area contributed by atoms with Crippen LogP contribution in [-0.2, 0) is 4.79 Å². The molecular weight excluding hydrogens is 326 g/mol. The van der Waals surface area contributed by atoms with Crippen LogP contribution in [0.1, 0.15) is 55.7 Å². The standard InChI is InChI=1S/C16H21N5O2S/c1-10(2)21-16(18-19-20-21)24-9-15(23)14-7-5-13(6-8-14)11(3)17-12(4)22/h5-8,10-11H,9H2,1-4H3,(H,17,22). The first-order chi connectivity index (χ1) is 11.4. The molecule has 0 bridgehead atoms. The summed E-state index contributed by atoms with van der Waals surface area (Å²) in [5.74, 6) is 0.201. The first-order valence-electron chi connectivity index (χ1n) is 7.69. The van der Waals surface area contributed by atoms with Crippen LogP contribution in [-0.4, -0.2) is 37.7 Å². The van der Waals surface area contributed by atoms with Crippen LogP contribution in [0.4, 0.5) is 0 Å². The van der Waals surface area contributed by atoms with Crippen molar-refractivity contribution in [2.45, 2.75) is 44.9 Å². The number of rotatable bonds is 7. The maximum Gasteiger partial charge on any atom is 0.217 e. The van der Waals surface area contributed by atoms with Crippen LogP contribution < -0.4 is 5.32 Å². The second-order valence-corrected chi connectivity index (χ2v) is 6.70. The highest BCUT2D eigenvalue weighted by atomic mass is 32.2. The van der Waals surface area contributed by atoms with E-state index in [1.165, 1.54) is 18.7 Å². The fraction of sp³-hybridized carbons (Fsp3) is 0.438. The Hall–Kier alpha value is -2.22. The number of Topliss-reactive ketones (excluding diaryl/α,β-unsaturated/α-hetero) is 1. The molecule has 128 valence electrons. The maximum absolute atomic E-state index is 12.3. The number of aromatic nitrogens is 4. The molecular formula is C16H21N5O2S. The molecule has 1 heterocycles. The Morgan fingerprint density at radius 3 is 2.46 bits per heavy atom. The number of thioether (sulfide) groups is 1. The van der Waals surface area contributed by atoms with Gasteiger partial charge >= 0.3 is 0 Å². The van der Waals surface area contributed by atoms with E-state index in [2.05, 4.69) is 20.8 Å². The average molecular weight is 347 g/mol. The highest BCUT2D eigenvalue weighted by Crippen LogP contribution is 2.20. The van der Waals surface area contributed by atoms with Crippen molar-refractivity contribution in [2.75, 3.05) is 5.75 Å². The van der Waals surface area contributed by atoms with Gasteiger partial charge in [0.25, 0.3) is 0 Å². The van der Waals surface area contributed by atoms with Crippen molar-refractivity contribution < 1.29 is 9.59 Å². The second-order valence-electron chi connectivity index (χ2n) is 5.76. The van der Waals surface area contributed by atoms with Crippen LogP contribution in [0.5, 0.6) is 0 Å². The number of tetrazole rings is 1. The number of nitrogens with one attached hydrogen (secondary N) is 1. The van der Waals surface area contributed by atoms with Gasteiger partial charge in [-0.3, -0.25) is 9.59 Å². The van der Waals surface area contributed by atoms with Crippen molar-refractivity contribution in [3.8, 4) is 0 Å². The molecule has 1 N–H and O–H groups in total. The highest BCUT2D eigenvalue weighted by Gasteiger charge is 2.14. The summed E-state index contributed by atoms with van der Waals surface area (Å²) in [5.41, 5.74) is 1.59. The molecule has 2 rings (SSSR count). The molecule has 0 aliphatic carbocycles. The van der Waals surface area contributed by atoms with Crippen molar-refractivity contribution in [3.05, 3.63) is 35.4 Å². The van der Waals surface area contributed by atoms with Crippen molar-refractivity contribution >= 4 is 23.5 Å². The molecule has 0 radical (unpaired) electrons. The van der Waals surface area contributed by atoms with Crippen LogP contribution in [0.3, 0.4) is 0 Å². The number of benzene rings is 1. The van der Waals surface area contributed by atoms with E-state index in [4.69, 9.17) is 0 Å². The first kappa shape index (κ1) is 18.1. The lowest BCUT2D eigenvalue weighted by atomic mass is 10.0. The Labute approximate surface area is 145 Å². The quantitative estimate of drug-likeness (QED) is 0.611. The minimum Gasteiger partial charge on any atom is -0.350 e. The Balaban J connectivity index is 1.97. The number of amides is 1. The molecule has 0 fully saturated rings. The third kappa shape index (κ3) is 4.64. The minimum absolute atomic E-state index is 0.0111. The Kier molecular flexibility index (Phi) is 6.08. The van der Waals surface area contributed by atoms with E-state index in [0.717, 1.165) is 5.56 Å². The molecule has 2 aromatic rings. The fourth-order valence-corrected chi connectivity index (χ4v) is 3.06. The molecule has 1 atom stereocenters. The van der Waals surface area contributed by atoms with E-state index < -0.39 is 0 Å². The normalized spacial score (nSPS) is 12.2. The van der Waals surface area contributed by atoms with Crippen molar-refractivity contribution in [1.82, 2.24) is 25.5 Å². The van der Waals surface area contributed by atoms with Gasteiger partial charge in [0.05, 0.1) is 17.8 Å². The summed E-state index contributed by atoms with van der Waals surface area (Å²) < 4.78 is 1.69. The van der Waals surface area contributed by atoms with E-state index in [-0.39, 0.29) is 29.5 Å². The van der Waals surface area contributed by atoms with Crippen LogP contribution >= 0.6 is 11.8 Å². The van der Waals surface area contributed by atoms with Gasteiger partial charge in [0, 0.05) is 12.5 Å². The number of hydrogen-bond acceptors (Lipinski definition) is 6. The van der Waals surface area contributed by atoms with Gasteiger partial charge < -0.3 is 5.32 Å². The summed E-state index contributed by atoms with van der Waals surface area (Å²) in [5, 5.41) is 14.9. The van der Waals surface area contributed by atoms with E-state index in [9.17, 15) is 9.59 Å². The van der Waals surface area contributed by atoms with E-state index in [1.807, 2.05) is 32.9 Å². The molecule has 0 spiro atoms. The summed E-state index contributed by atoms with van der Waals surface area (Å²) in [6, 6.07) is 7.33. The predicted molar refractivity (Wildman–Crippen MR) is 91.9 cm³/mol. The summed E-state index contributed by atoms with van der Waals surface area (Å²) >= 11 is 1.32. The largest absolute Gasteiger partial charge is 0.350 e. The molecule has 0 aliphatic rings. The summed E-state index contributed by atoms with van der Waals surface area (Å²) in [6.07, 6.45) is 0. The van der Waals surface area contributed by atoms with E-state index in [1.54, 1.807) is 16.8 Å².